The summed E-state index contributed by atoms with van der Waals surface area (Å²) in [7, 11) is 0. The summed E-state index contributed by atoms with van der Waals surface area (Å²) in [6.45, 7) is 7.15. The van der Waals surface area contributed by atoms with Crippen molar-refractivity contribution in [3.8, 4) is 6.07 Å². The van der Waals surface area contributed by atoms with Crippen molar-refractivity contribution in [2.45, 2.75) is 45.9 Å². The van der Waals surface area contributed by atoms with E-state index in [1.165, 1.54) is 6.92 Å². The summed E-state index contributed by atoms with van der Waals surface area (Å²) in [5.41, 5.74) is 0.619. The van der Waals surface area contributed by atoms with E-state index in [2.05, 4.69) is 5.32 Å². The van der Waals surface area contributed by atoms with E-state index in [-0.39, 0.29) is 0 Å². The maximum atomic E-state index is 11.7. The number of esters is 1. The van der Waals surface area contributed by atoms with Gasteiger partial charge in [-0.2, -0.15) is 5.26 Å². The van der Waals surface area contributed by atoms with Crippen LogP contribution in [0.2, 0.25) is 0 Å². The van der Waals surface area contributed by atoms with Crippen LogP contribution in [0, 0.1) is 11.3 Å². The zero-order valence-electron chi connectivity index (χ0n) is 13.2. The molecule has 0 fully saturated rings. The summed E-state index contributed by atoms with van der Waals surface area (Å²) in [6.07, 6.45) is -1.29. The number of hydrogen-bond donors (Lipinski definition) is 1. The summed E-state index contributed by atoms with van der Waals surface area (Å²) in [5.74, 6) is -0.555. The fraction of sp³-hybridized carbons (Fsp3) is 0.438. The highest BCUT2D eigenvalue weighted by molar-refractivity contribution is 5.89. The molecule has 0 spiro atoms. The Hall–Kier alpha value is -2.55. The predicted octanol–water partition coefficient (Wildman–Crippen LogP) is 2.78. The number of nitrogens with zero attached hydrogens (tertiary/aromatic N) is 1. The molecule has 0 aliphatic heterocycles. The van der Waals surface area contributed by atoms with Crippen LogP contribution in [0.5, 0.6) is 0 Å². The molecule has 1 atom stereocenters. The highest BCUT2D eigenvalue weighted by Gasteiger charge is 2.16. The molecule has 1 aromatic rings. The lowest BCUT2D eigenvalue weighted by atomic mass is 10.1. The molecular formula is C16H20N2O4. The molecule has 6 heteroatoms. The Labute approximate surface area is 130 Å². The molecule has 0 aromatic heterocycles. The van der Waals surface area contributed by atoms with Crippen LogP contribution in [-0.2, 0) is 16.0 Å². The van der Waals surface area contributed by atoms with Crippen LogP contribution in [0.3, 0.4) is 0 Å². The fourth-order valence-corrected chi connectivity index (χ4v) is 1.50. The van der Waals surface area contributed by atoms with Crippen molar-refractivity contribution in [3.05, 3.63) is 35.4 Å². The maximum Gasteiger partial charge on any atom is 0.407 e. The summed E-state index contributed by atoms with van der Waals surface area (Å²) < 4.78 is 10.0. The quantitative estimate of drug-likeness (QED) is 0.864. The van der Waals surface area contributed by atoms with E-state index in [9.17, 15) is 9.59 Å². The van der Waals surface area contributed by atoms with E-state index < -0.39 is 23.8 Å². The zero-order chi connectivity index (χ0) is 16.8. The molecule has 0 aliphatic rings. The molecule has 1 rings (SSSR count). The Balaban J connectivity index is 2.54. The van der Waals surface area contributed by atoms with Crippen molar-refractivity contribution < 1.29 is 19.1 Å². The fourth-order valence-electron chi connectivity index (χ4n) is 1.50. The second kappa shape index (κ2) is 7.46. The molecule has 0 saturated heterocycles. The SMILES string of the molecule is C[C@@H](C#N)OC(=O)c1ccc(CNC(=O)OC(C)(C)C)cc1. The minimum atomic E-state index is -0.791. The van der Waals surface area contributed by atoms with Crippen LogP contribution < -0.4 is 5.32 Å². The van der Waals surface area contributed by atoms with E-state index in [1.807, 2.05) is 6.07 Å². The average molecular weight is 304 g/mol. The molecule has 1 amide bonds. The summed E-state index contributed by atoms with van der Waals surface area (Å²) in [5, 5.41) is 11.2. The van der Waals surface area contributed by atoms with Crippen LogP contribution in [0.15, 0.2) is 24.3 Å². The number of amides is 1. The summed E-state index contributed by atoms with van der Waals surface area (Å²) in [6, 6.07) is 8.39. The number of rotatable bonds is 4. The van der Waals surface area contributed by atoms with Crippen LogP contribution in [-0.4, -0.2) is 23.8 Å². The van der Waals surface area contributed by atoms with Crippen molar-refractivity contribution in [1.29, 1.82) is 5.26 Å². The molecule has 0 aliphatic carbocycles. The Morgan fingerprint density at radius 1 is 1.27 bits per heavy atom. The predicted molar refractivity (Wildman–Crippen MR) is 80.0 cm³/mol. The van der Waals surface area contributed by atoms with Gasteiger partial charge in [0.1, 0.15) is 11.7 Å². The molecule has 118 valence electrons. The number of nitriles is 1. The molecule has 0 heterocycles. The number of alkyl carbamates (subject to hydrolysis) is 1. The highest BCUT2D eigenvalue weighted by Crippen LogP contribution is 2.09. The third-order valence-corrected chi connectivity index (χ3v) is 2.49. The normalized spacial score (nSPS) is 12.0. The number of ether oxygens (including phenoxy) is 2. The number of nitrogens with one attached hydrogen (secondary N) is 1. The monoisotopic (exact) mass is 304 g/mol. The van der Waals surface area contributed by atoms with Gasteiger partial charge in [-0.25, -0.2) is 9.59 Å². The van der Waals surface area contributed by atoms with Gasteiger partial charge in [-0.1, -0.05) is 12.1 Å². The van der Waals surface area contributed by atoms with E-state index in [4.69, 9.17) is 14.7 Å². The van der Waals surface area contributed by atoms with Crippen LogP contribution in [0.25, 0.3) is 0 Å². The third kappa shape index (κ3) is 6.27. The third-order valence-electron chi connectivity index (χ3n) is 2.49. The summed E-state index contributed by atoms with van der Waals surface area (Å²) >= 11 is 0. The number of hydrogen-bond acceptors (Lipinski definition) is 5. The van der Waals surface area contributed by atoms with Crippen LogP contribution in [0.1, 0.15) is 43.6 Å². The van der Waals surface area contributed by atoms with Crippen molar-refractivity contribution >= 4 is 12.1 Å². The van der Waals surface area contributed by atoms with Crippen molar-refractivity contribution in [2.24, 2.45) is 0 Å². The van der Waals surface area contributed by atoms with Gasteiger partial charge in [-0.15, -0.1) is 0 Å². The van der Waals surface area contributed by atoms with E-state index in [0.717, 1.165) is 5.56 Å². The van der Waals surface area contributed by atoms with Gasteiger partial charge < -0.3 is 14.8 Å². The topological polar surface area (TPSA) is 88.4 Å². The standard InChI is InChI=1S/C16H20N2O4/c1-11(9-17)21-14(19)13-7-5-12(6-8-13)10-18-15(20)22-16(2,3)4/h5-8,11H,10H2,1-4H3,(H,18,20)/t11-/m0/s1. The van der Waals surface area contributed by atoms with E-state index >= 15 is 0 Å². The molecule has 1 aromatic carbocycles. The van der Waals surface area contributed by atoms with Crippen molar-refractivity contribution in [1.82, 2.24) is 5.32 Å². The van der Waals surface area contributed by atoms with Crippen LogP contribution in [0.4, 0.5) is 4.79 Å². The lowest BCUT2D eigenvalue weighted by Gasteiger charge is -2.19. The van der Waals surface area contributed by atoms with Gasteiger partial charge in [-0.3, -0.25) is 0 Å². The van der Waals surface area contributed by atoms with Gasteiger partial charge in [-0.05, 0) is 45.4 Å². The minimum absolute atomic E-state index is 0.291. The van der Waals surface area contributed by atoms with Crippen LogP contribution >= 0.6 is 0 Å². The first-order valence-corrected chi connectivity index (χ1v) is 6.87. The van der Waals surface area contributed by atoms with Gasteiger partial charge in [0.05, 0.1) is 5.56 Å². The van der Waals surface area contributed by atoms with Gasteiger partial charge in [0.2, 0.25) is 0 Å². The largest absolute Gasteiger partial charge is 0.444 e. The molecule has 0 unspecified atom stereocenters. The molecule has 0 saturated carbocycles. The molecular weight excluding hydrogens is 284 g/mol. The average Bonchev–Trinajstić information content (AvgIpc) is 2.43. The first-order valence-electron chi connectivity index (χ1n) is 6.87. The second-order valence-electron chi connectivity index (χ2n) is 5.73. The minimum Gasteiger partial charge on any atom is -0.444 e. The highest BCUT2D eigenvalue weighted by atomic mass is 16.6. The van der Waals surface area contributed by atoms with Crippen molar-refractivity contribution in [2.75, 3.05) is 0 Å². The number of benzene rings is 1. The lowest BCUT2D eigenvalue weighted by Crippen LogP contribution is -2.32. The molecule has 1 N–H and O–H groups in total. The van der Waals surface area contributed by atoms with Crippen molar-refractivity contribution in [3.63, 3.8) is 0 Å². The smallest absolute Gasteiger partial charge is 0.407 e. The van der Waals surface area contributed by atoms with Gasteiger partial charge in [0, 0.05) is 6.54 Å². The van der Waals surface area contributed by atoms with E-state index in [0.29, 0.717) is 12.1 Å². The van der Waals surface area contributed by atoms with Gasteiger partial charge in [0.25, 0.3) is 0 Å². The van der Waals surface area contributed by atoms with Gasteiger partial charge >= 0.3 is 12.1 Å². The first kappa shape index (κ1) is 17.5. The summed E-state index contributed by atoms with van der Waals surface area (Å²) in [4.78, 5) is 23.2. The second-order valence-corrected chi connectivity index (χ2v) is 5.73. The number of carbonyl (C=O) groups excluding carboxylic acids is 2. The molecule has 22 heavy (non-hydrogen) atoms. The number of carbonyl (C=O) groups is 2. The molecule has 0 bridgehead atoms. The maximum absolute atomic E-state index is 11.7. The lowest BCUT2D eigenvalue weighted by molar-refractivity contribution is 0.0434. The Kier molecular flexibility index (Phi) is 5.93. The Morgan fingerprint density at radius 2 is 1.86 bits per heavy atom. The Bertz CT molecular complexity index is 567. The first-order chi connectivity index (χ1) is 10.2. The van der Waals surface area contributed by atoms with Gasteiger partial charge in [0.15, 0.2) is 6.10 Å². The van der Waals surface area contributed by atoms with E-state index in [1.54, 1.807) is 45.0 Å². The molecule has 6 nitrogen and oxygen atoms in total. The Morgan fingerprint density at radius 3 is 2.36 bits per heavy atom. The zero-order valence-corrected chi connectivity index (χ0v) is 13.2. The molecule has 0 radical (unpaired) electrons.